The Morgan fingerprint density at radius 1 is 0.833 bits per heavy atom. The lowest BCUT2D eigenvalue weighted by molar-refractivity contribution is 0.185. The molecule has 74 valence electrons. The fourth-order valence-electron chi connectivity index (χ4n) is 1.04. The van der Waals surface area contributed by atoms with E-state index in [2.05, 4.69) is 34.6 Å². The highest BCUT2D eigenvalue weighted by Gasteiger charge is 2.42. The molecule has 0 radical (unpaired) electrons. The van der Waals surface area contributed by atoms with Crippen LogP contribution in [-0.4, -0.2) is 23.5 Å². The van der Waals surface area contributed by atoms with E-state index in [4.69, 9.17) is 8.85 Å². The predicted octanol–water partition coefficient (Wildman–Crippen LogP) is 2.33. The molecule has 12 heavy (non-hydrogen) atoms. The third-order valence-corrected chi connectivity index (χ3v) is 5.85. The van der Waals surface area contributed by atoms with Crippen LogP contribution in [0, 0.1) is 5.41 Å². The maximum Gasteiger partial charge on any atom is 0.327 e. The van der Waals surface area contributed by atoms with Crippen LogP contribution in [0.3, 0.4) is 0 Å². The zero-order valence-electron chi connectivity index (χ0n) is 9.39. The van der Waals surface area contributed by atoms with Gasteiger partial charge in [-0.15, -0.1) is 0 Å². The average Bonchev–Trinajstić information content (AvgIpc) is 1.87. The van der Waals surface area contributed by atoms with Crippen molar-refractivity contribution in [3.05, 3.63) is 0 Å². The Kier molecular flexibility index (Phi) is 3.94. The maximum atomic E-state index is 5.41. The van der Waals surface area contributed by atoms with Gasteiger partial charge in [0.2, 0.25) is 0 Å². The molecule has 0 saturated carbocycles. The average molecular weight is 190 g/mol. The van der Waals surface area contributed by atoms with Gasteiger partial charge in [0.05, 0.1) is 0 Å². The van der Waals surface area contributed by atoms with Crippen molar-refractivity contribution in [2.75, 3.05) is 14.2 Å². The quantitative estimate of drug-likeness (QED) is 0.636. The van der Waals surface area contributed by atoms with E-state index >= 15 is 0 Å². The second-order valence-corrected chi connectivity index (χ2v) is 7.83. The maximum absolute atomic E-state index is 5.41. The van der Waals surface area contributed by atoms with Gasteiger partial charge in [-0.05, 0) is 5.41 Å². The van der Waals surface area contributed by atoms with Gasteiger partial charge in [-0.25, -0.2) is 0 Å². The summed E-state index contributed by atoms with van der Waals surface area (Å²) >= 11 is 0. The molecule has 0 bridgehead atoms. The summed E-state index contributed by atoms with van der Waals surface area (Å²) in [5.41, 5.74) is 0.232. The van der Waals surface area contributed by atoms with Crippen LogP contribution in [0.1, 0.15) is 34.6 Å². The molecule has 0 aromatic rings. The lowest BCUT2D eigenvalue weighted by Crippen LogP contribution is -2.41. The smallest absolute Gasteiger partial charge is 0.327 e. The van der Waals surface area contributed by atoms with E-state index in [0.29, 0.717) is 0 Å². The van der Waals surface area contributed by atoms with Crippen molar-refractivity contribution >= 4 is 9.28 Å². The molecule has 3 heteroatoms. The van der Waals surface area contributed by atoms with E-state index in [1.807, 2.05) is 0 Å². The van der Waals surface area contributed by atoms with E-state index in [1.165, 1.54) is 0 Å². The van der Waals surface area contributed by atoms with Gasteiger partial charge >= 0.3 is 9.28 Å². The van der Waals surface area contributed by atoms with Crippen molar-refractivity contribution in [3.63, 3.8) is 0 Å². The first-order valence-corrected chi connectivity index (χ1v) is 5.85. The van der Waals surface area contributed by atoms with E-state index in [-0.39, 0.29) is 10.5 Å². The molecular formula is C9H22O2Si. The highest BCUT2D eigenvalue weighted by Crippen LogP contribution is 2.47. The van der Waals surface area contributed by atoms with Gasteiger partial charge in [-0.3, -0.25) is 0 Å². The van der Waals surface area contributed by atoms with Crippen molar-refractivity contribution in [2.45, 2.75) is 39.7 Å². The largest absolute Gasteiger partial charge is 0.400 e. The Hall–Kier alpha value is 0.137. The first kappa shape index (κ1) is 12.1. The standard InChI is InChI=1S/C9H22O2Si/c1-8(2,3)9(4,5)12(10-6)11-7/h12H,1-7H3. The molecule has 0 atom stereocenters. The Balaban J connectivity index is 4.57. The van der Waals surface area contributed by atoms with Crippen LogP contribution in [-0.2, 0) is 8.85 Å². The topological polar surface area (TPSA) is 18.5 Å². The number of rotatable bonds is 3. The Morgan fingerprint density at radius 2 is 1.17 bits per heavy atom. The van der Waals surface area contributed by atoms with Crippen LogP contribution in [0.15, 0.2) is 0 Å². The van der Waals surface area contributed by atoms with E-state index in [0.717, 1.165) is 0 Å². The fourth-order valence-corrected chi connectivity index (χ4v) is 3.12. The summed E-state index contributed by atoms with van der Waals surface area (Å²) in [7, 11) is 1.96. The van der Waals surface area contributed by atoms with E-state index < -0.39 is 9.28 Å². The van der Waals surface area contributed by atoms with Gasteiger partial charge in [0.1, 0.15) is 0 Å². The molecule has 0 spiro atoms. The van der Waals surface area contributed by atoms with Crippen LogP contribution in [0.5, 0.6) is 0 Å². The summed E-state index contributed by atoms with van der Waals surface area (Å²) in [6.07, 6.45) is 0. The van der Waals surface area contributed by atoms with Gasteiger partial charge in [-0.1, -0.05) is 34.6 Å². The SMILES string of the molecule is CO[SiH](OC)C(C)(C)C(C)(C)C. The minimum absolute atomic E-state index is 0.149. The minimum atomic E-state index is -1.53. The van der Waals surface area contributed by atoms with E-state index in [9.17, 15) is 0 Å². The van der Waals surface area contributed by atoms with Crippen LogP contribution in [0.4, 0.5) is 0 Å². The first-order valence-electron chi connectivity index (χ1n) is 4.33. The molecule has 0 heterocycles. The van der Waals surface area contributed by atoms with Gasteiger partial charge in [0.25, 0.3) is 0 Å². The molecule has 0 aliphatic heterocycles. The van der Waals surface area contributed by atoms with Crippen molar-refractivity contribution in [2.24, 2.45) is 5.41 Å². The molecule has 0 saturated heterocycles. The number of hydrogen-bond acceptors (Lipinski definition) is 2. The Bertz CT molecular complexity index is 134. The van der Waals surface area contributed by atoms with Crippen LogP contribution in [0.25, 0.3) is 0 Å². The normalized spacial score (nSPS) is 14.0. The summed E-state index contributed by atoms with van der Waals surface area (Å²) in [4.78, 5) is 0. The summed E-state index contributed by atoms with van der Waals surface area (Å²) in [5.74, 6) is 0. The van der Waals surface area contributed by atoms with Crippen LogP contribution < -0.4 is 0 Å². The van der Waals surface area contributed by atoms with Crippen molar-refractivity contribution in [1.29, 1.82) is 0 Å². The zero-order valence-corrected chi connectivity index (χ0v) is 10.5. The molecule has 0 N–H and O–H groups in total. The lowest BCUT2D eigenvalue weighted by atomic mass is 9.82. The molecule has 0 aliphatic carbocycles. The zero-order chi connectivity index (χ0) is 9.99. The monoisotopic (exact) mass is 190 g/mol. The first-order chi connectivity index (χ1) is 5.27. The van der Waals surface area contributed by atoms with Crippen LogP contribution >= 0.6 is 0 Å². The van der Waals surface area contributed by atoms with Crippen molar-refractivity contribution < 1.29 is 8.85 Å². The van der Waals surface area contributed by atoms with Gasteiger partial charge in [0, 0.05) is 19.3 Å². The molecule has 0 rings (SSSR count). The molecule has 0 aromatic carbocycles. The summed E-state index contributed by atoms with van der Waals surface area (Å²) in [6.45, 7) is 11.1. The lowest BCUT2D eigenvalue weighted by Gasteiger charge is -2.41. The second-order valence-electron chi connectivity index (χ2n) is 4.78. The van der Waals surface area contributed by atoms with E-state index in [1.54, 1.807) is 14.2 Å². The number of hydrogen-bond donors (Lipinski definition) is 0. The highest BCUT2D eigenvalue weighted by molar-refractivity contribution is 6.48. The summed E-state index contributed by atoms with van der Waals surface area (Å²) in [6, 6.07) is 0. The molecule has 0 amide bonds. The Morgan fingerprint density at radius 3 is 1.25 bits per heavy atom. The summed E-state index contributed by atoms with van der Waals surface area (Å²) < 4.78 is 10.8. The molecule has 0 unspecified atom stereocenters. The molecular weight excluding hydrogens is 168 g/mol. The predicted molar refractivity (Wildman–Crippen MR) is 54.7 cm³/mol. The third-order valence-electron chi connectivity index (χ3n) is 2.95. The minimum Gasteiger partial charge on any atom is -0.400 e. The van der Waals surface area contributed by atoms with Crippen LogP contribution in [0.2, 0.25) is 5.04 Å². The summed E-state index contributed by atoms with van der Waals surface area (Å²) in [5, 5.41) is 0.149. The Labute approximate surface area is 78.1 Å². The molecule has 2 nitrogen and oxygen atoms in total. The van der Waals surface area contributed by atoms with Gasteiger partial charge < -0.3 is 8.85 Å². The second kappa shape index (κ2) is 3.90. The molecule has 0 aliphatic rings. The third kappa shape index (κ3) is 2.31. The fraction of sp³-hybridized carbons (Fsp3) is 1.00. The molecule has 0 aromatic heterocycles. The molecule has 0 fully saturated rings. The van der Waals surface area contributed by atoms with Gasteiger partial charge in [0.15, 0.2) is 0 Å². The van der Waals surface area contributed by atoms with Gasteiger partial charge in [-0.2, -0.15) is 0 Å². The van der Waals surface area contributed by atoms with Crippen molar-refractivity contribution in [3.8, 4) is 0 Å². The highest BCUT2D eigenvalue weighted by atomic mass is 28.3. The van der Waals surface area contributed by atoms with Crippen molar-refractivity contribution in [1.82, 2.24) is 0 Å².